The molecule has 0 aliphatic carbocycles. The minimum absolute atomic E-state index is 0.0111. The summed E-state index contributed by atoms with van der Waals surface area (Å²) in [7, 11) is 1.65. The molecular weight excluding hydrogens is 404 g/mol. The Morgan fingerprint density at radius 2 is 1.83 bits per heavy atom. The number of methoxy groups -OCH3 is 1. The summed E-state index contributed by atoms with van der Waals surface area (Å²) in [5, 5.41) is 15.3. The average molecular weight is 429 g/mol. The highest BCUT2D eigenvalue weighted by Gasteiger charge is 2.10. The van der Waals surface area contributed by atoms with Crippen LogP contribution >= 0.6 is 23.1 Å². The van der Waals surface area contributed by atoms with Gasteiger partial charge >= 0.3 is 0 Å². The first-order valence-corrected chi connectivity index (χ1v) is 11.0. The number of para-hydroxylation sites is 1. The molecule has 0 bridgehead atoms. The van der Waals surface area contributed by atoms with E-state index in [1.165, 1.54) is 23.1 Å². The molecule has 0 aliphatic rings. The van der Waals surface area contributed by atoms with E-state index in [1.54, 1.807) is 7.11 Å². The van der Waals surface area contributed by atoms with Gasteiger partial charge in [-0.25, -0.2) is 0 Å². The third-order valence-corrected chi connectivity index (χ3v) is 6.31. The Bertz CT molecular complexity index is 937. The molecule has 6 nitrogen and oxygen atoms in total. The highest BCUT2D eigenvalue weighted by molar-refractivity contribution is 8.01. The second-order valence-electron chi connectivity index (χ2n) is 6.50. The molecule has 2 N–H and O–H groups in total. The lowest BCUT2D eigenvalue weighted by Crippen LogP contribution is -2.27. The minimum Gasteiger partial charge on any atom is -0.497 e. The van der Waals surface area contributed by atoms with Crippen molar-refractivity contribution in [3.8, 4) is 5.75 Å². The lowest BCUT2D eigenvalue weighted by molar-refractivity contribution is -0.118. The number of carbonyl (C=O) groups is 1. The van der Waals surface area contributed by atoms with Crippen LogP contribution in [0.25, 0.3) is 0 Å². The zero-order valence-electron chi connectivity index (χ0n) is 16.7. The molecule has 0 aliphatic heterocycles. The van der Waals surface area contributed by atoms with Crippen molar-refractivity contribution in [2.24, 2.45) is 0 Å². The molecule has 0 saturated carbocycles. The van der Waals surface area contributed by atoms with E-state index in [0.717, 1.165) is 44.0 Å². The number of carbonyl (C=O) groups excluding carboxylic acids is 1. The first-order valence-electron chi connectivity index (χ1n) is 9.24. The van der Waals surface area contributed by atoms with Crippen LogP contribution in [0.2, 0.25) is 0 Å². The number of ether oxygens (including phenoxy) is 1. The van der Waals surface area contributed by atoms with E-state index < -0.39 is 0 Å². The summed E-state index contributed by atoms with van der Waals surface area (Å²) in [5.41, 5.74) is 4.53. The van der Waals surface area contributed by atoms with Crippen molar-refractivity contribution in [2.45, 2.75) is 24.6 Å². The SMILES string of the molecule is COc1ccc(CCNC(=O)CSc2nnc(Nc3c(C)cccc3C)s2)cc1. The van der Waals surface area contributed by atoms with E-state index in [0.29, 0.717) is 12.3 Å². The standard InChI is InChI=1S/C21H24N4O2S2/c1-14-5-4-6-15(2)19(14)23-20-24-25-21(29-20)28-13-18(26)22-12-11-16-7-9-17(27-3)10-8-16/h4-10H,11-13H2,1-3H3,(H,22,26)(H,23,24). The van der Waals surface area contributed by atoms with Gasteiger partial charge in [0, 0.05) is 12.2 Å². The fourth-order valence-electron chi connectivity index (χ4n) is 2.75. The highest BCUT2D eigenvalue weighted by atomic mass is 32.2. The molecule has 0 fully saturated rings. The monoisotopic (exact) mass is 428 g/mol. The molecule has 2 aromatic carbocycles. The number of nitrogens with zero attached hydrogens (tertiary/aromatic N) is 2. The van der Waals surface area contributed by atoms with Crippen molar-refractivity contribution < 1.29 is 9.53 Å². The van der Waals surface area contributed by atoms with Crippen LogP contribution in [0.3, 0.4) is 0 Å². The molecule has 152 valence electrons. The van der Waals surface area contributed by atoms with Gasteiger partial charge in [-0.05, 0) is 49.1 Å². The largest absolute Gasteiger partial charge is 0.497 e. The summed E-state index contributed by atoms with van der Waals surface area (Å²) in [6.07, 6.45) is 0.781. The Hall–Kier alpha value is -2.58. The summed E-state index contributed by atoms with van der Waals surface area (Å²) >= 11 is 2.84. The van der Waals surface area contributed by atoms with E-state index in [2.05, 4.69) is 46.8 Å². The molecule has 0 saturated heterocycles. The second-order valence-corrected chi connectivity index (χ2v) is 8.70. The fraction of sp³-hybridized carbons (Fsp3) is 0.286. The maximum atomic E-state index is 12.1. The predicted molar refractivity (Wildman–Crippen MR) is 120 cm³/mol. The zero-order chi connectivity index (χ0) is 20.6. The quantitative estimate of drug-likeness (QED) is 0.493. The van der Waals surface area contributed by atoms with Crippen LogP contribution in [-0.2, 0) is 11.2 Å². The van der Waals surface area contributed by atoms with Crippen molar-refractivity contribution in [3.63, 3.8) is 0 Å². The third kappa shape index (κ3) is 6.20. The smallest absolute Gasteiger partial charge is 0.230 e. The van der Waals surface area contributed by atoms with Gasteiger partial charge < -0.3 is 15.4 Å². The van der Waals surface area contributed by atoms with E-state index in [4.69, 9.17) is 4.74 Å². The Morgan fingerprint density at radius 3 is 2.52 bits per heavy atom. The summed E-state index contributed by atoms with van der Waals surface area (Å²) in [5.74, 6) is 1.14. The summed E-state index contributed by atoms with van der Waals surface area (Å²) < 4.78 is 5.91. The summed E-state index contributed by atoms with van der Waals surface area (Å²) in [6, 6.07) is 14.0. The molecule has 3 aromatic rings. The van der Waals surface area contributed by atoms with Crippen LogP contribution in [0.15, 0.2) is 46.8 Å². The first-order chi connectivity index (χ1) is 14.0. The number of rotatable bonds is 9. The maximum absolute atomic E-state index is 12.1. The molecule has 1 amide bonds. The Labute approximate surface area is 179 Å². The Morgan fingerprint density at radius 1 is 1.10 bits per heavy atom. The molecule has 0 unspecified atom stereocenters. The van der Waals surface area contributed by atoms with Gasteiger partial charge in [0.1, 0.15) is 5.75 Å². The Balaban J connectivity index is 1.42. The lowest BCUT2D eigenvalue weighted by Gasteiger charge is -2.09. The second kappa shape index (κ2) is 10.3. The number of hydrogen-bond acceptors (Lipinski definition) is 7. The molecule has 8 heteroatoms. The fourth-order valence-corrected chi connectivity index (χ4v) is 4.34. The summed E-state index contributed by atoms with van der Waals surface area (Å²) in [4.78, 5) is 12.1. The molecule has 1 aromatic heterocycles. The molecule has 0 radical (unpaired) electrons. The van der Waals surface area contributed by atoms with Crippen LogP contribution in [0.1, 0.15) is 16.7 Å². The van der Waals surface area contributed by atoms with Gasteiger partial charge in [0.2, 0.25) is 11.0 Å². The number of amides is 1. The normalized spacial score (nSPS) is 10.6. The van der Waals surface area contributed by atoms with Crippen LogP contribution in [0.4, 0.5) is 10.8 Å². The van der Waals surface area contributed by atoms with Crippen LogP contribution < -0.4 is 15.4 Å². The molecule has 3 rings (SSSR count). The van der Waals surface area contributed by atoms with Gasteiger partial charge in [-0.2, -0.15) is 0 Å². The van der Waals surface area contributed by atoms with E-state index in [1.807, 2.05) is 30.3 Å². The topological polar surface area (TPSA) is 76.1 Å². The van der Waals surface area contributed by atoms with E-state index >= 15 is 0 Å². The molecule has 29 heavy (non-hydrogen) atoms. The number of thioether (sulfide) groups is 1. The van der Waals surface area contributed by atoms with Crippen molar-refractivity contribution in [1.82, 2.24) is 15.5 Å². The maximum Gasteiger partial charge on any atom is 0.230 e. The van der Waals surface area contributed by atoms with Gasteiger partial charge in [-0.3, -0.25) is 4.79 Å². The molecule has 0 spiro atoms. The van der Waals surface area contributed by atoms with Crippen molar-refractivity contribution in [3.05, 3.63) is 59.2 Å². The van der Waals surface area contributed by atoms with Gasteiger partial charge in [-0.1, -0.05) is 53.4 Å². The van der Waals surface area contributed by atoms with E-state index in [9.17, 15) is 4.79 Å². The number of anilines is 2. The van der Waals surface area contributed by atoms with Crippen molar-refractivity contribution in [2.75, 3.05) is 24.7 Å². The third-order valence-electron chi connectivity index (χ3n) is 4.34. The average Bonchev–Trinajstić information content (AvgIpc) is 3.17. The number of aromatic nitrogens is 2. The van der Waals surface area contributed by atoms with Crippen molar-refractivity contribution >= 4 is 39.8 Å². The molecular formula is C21H24N4O2S2. The zero-order valence-corrected chi connectivity index (χ0v) is 18.3. The van der Waals surface area contributed by atoms with Gasteiger partial charge in [0.15, 0.2) is 4.34 Å². The molecule has 0 atom stereocenters. The molecule has 1 heterocycles. The van der Waals surface area contributed by atoms with Gasteiger partial charge in [0.25, 0.3) is 0 Å². The van der Waals surface area contributed by atoms with Crippen LogP contribution in [0.5, 0.6) is 5.75 Å². The Kier molecular flexibility index (Phi) is 7.48. The van der Waals surface area contributed by atoms with Crippen LogP contribution in [0, 0.1) is 13.8 Å². The summed E-state index contributed by atoms with van der Waals surface area (Å²) in [6.45, 7) is 4.71. The van der Waals surface area contributed by atoms with Crippen LogP contribution in [-0.4, -0.2) is 35.5 Å². The first kappa shape index (κ1) is 21.1. The van der Waals surface area contributed by atoms with Gasteiger partial charge in [-0.15, -0.1) is 10.2 Å². The predicted octanol–water partition coefficient (Wildman–Crippen LogP) is 4.36. The minimum atomic E-state index is -0.0111. The number of benzene rings is 2. The number of aryl methyl sites for hydroxylation is 2. The lowest BCUT2D eigenvalue weighted by atomic mass is 10.1. The number of nitrogens with one attached hydrogen (secondary N) is 2. The highest BCUT2D eigenvalue weighted by Crippen LogP contribution is 2.30. The van der Waals surface area contributed by atoms with Gasteiger partial charge in [0.05, 0.1) is 12.9 Å². The van der Waals surface area contributed by atoms with E-state index in [-0.39, 0.29) is 5.91 Å². The number of hydrogen-bond donors (Lipinski definition) is 2. The van der Waals surface area contributed by atoms with Crippen molar-refractivity contribution in [1.29, 1.82) is 0 Å².